The predicted molar refractivity (Wildman–Crippen MR) is 60.9 cm³/mol. The second kappa shape index (κ2) is 3.51. The fourth-order valence-corrected chi connectivity index (χ4v) is 2.59. The maximum absolute atomic E-state index is 5.76. The van der Waals surface area contributed by atoms with Crippen LogP contribution in [0, 0.1) is 5.41 Å². The van der Waals surface area contributed by atoms with Gasteiger partial charge in [0.1, 0.15) is 0 Å². The number of nitrogens with two attached hydrogens (primary N) is 1. The van der Waals surface area contributed by atoms with Crippen molar-refractivity contribution in [1.82, 2.24) is 4.98 Å². The highest BCUT2D eigenvalue weighted by molar-refractivity contribution is 7.15. The molecule has 0 unspecified atom stereocenters. The van der Waals surface area contributed by atoms with Crippen LogP contribution in [0.5, 0.6) is 0 Å². The minimum absolute atomic E-state index is 0.427. The molecule has 0 amide bonds. The Hall–Kier alpha value is -0.610. The lowest BCUT2D eigenvalue weighted by molar-refractivity contribution is 0.525. The molecule has 0 radical (unpaired) electrons. The van der Waals surface area contributed by atoms with Crippen LogP contribution in [0.25, 0.3) is 0 Å². The van der Waals surface area contributed by atoms with Gasteiger partial charge in [-0.2, -0.15) is 0 Å². The molecule has 0 spiro atoms. The van der Waals surface area contributed by atoms with E-state index in [0.29, 0.717) is 5.41 Å². The van der Waals surface area contributed by atoms with Crippen molar-refractivity contribution in [3.05, 3.63) is 11.1 Å². The monoisotopic (exact) mass is 211 g/mol. The summed E-state index contributed by atoms with van der Waals surface area (Å²) < 4.78 is 0. The molecular weight excluding hydrogens is 194 g/mol. The molecule has 78 valence electrons. The minimum atomic E-state index is 0.427. The van der Waals surface area contributed by atoms with E-state index in [1.165, 1.54) is 17.7 Å². The molecule has 0 saturated heterocycles. The van der Waals surface area contributed by atoms with E-state index >= 15 is 0 Å². The van der Waals surface area contributed by atoms with E-state index < -0.39 is 0 Å². The minimum Gasteiger partial charge on any atom is -0.354 e. The second-order valence-electron chi connectivity index (χ2n) is 4.38. The number of aromatic nitrogens is 1. The zero-order valence-electron chi connectivity index (χ0n) is 8.79. The number of rotatable bonds is 4. The Balaban J connectivity index is 2.03. The zero-order chi connectivity index (χ0) is 10.2. The van der Waals surface area contributed by atoms with Gasteiger partial charge in [-0.25, -0.2) is 4.98 Å². The second-order valence-corrected chi connectivity index (χ2v) is 5.48. The maximum Gasteiger partial charge on any atom is 0.184 e. The molecule has 3 nitrogen and oxygen atoms in total. The maximum atomic E-state index is 5.76. The third-order valence-electron chi connectivity index (χ3n) is 2.86. The molecule has 1 aromatic heterocycles. The van der Waals surface area contributed by atoms with Crippen LogP contribution in [0.3, 0.4) is 0 Å². The Morgan fingerprint density at radius 3 is 2.71 bits per heavy atom. The Morgan fingerprint density at radius 1 is 1.57 bits per heavy atom. The molecule has 4 heteroatoms. The van der Waals surface area contributed by atoms with Gasteiger partial charge in [-0.1, -0.05) is 0 Å². The fourth-order valence-electron chi connectivity index (χ4n) is 1.59. The van der Waals surface area contributed by atoms with Crippen molar-refractivity contribution in [3.8, 4) is 0 Å². The van der Waals surface area contributed by atoms with E-state index in [9.17, 15) is 0 Å². The Morgan fingerprint density at radius 2 is 2.29 bits per heavy atom. The van der Waals surface area contributed by atoms with Crippen molar-refractivity contribution >= 4 is 16.5 Å². The third-order valence-corrected chi connectivity index (χ3v) is 4.03. The van der Waals surface area contributed by atoms with E-state index in [2.05, 4.69) is 9.88 Å². The number of hydrogen-bond donors (Lipinski definition) is 1. The highest BCUT2D eigenvalue weighted by Gasteiger charge is 2.41. The number of nitrogens with zero attached hydrogens (tertiary/aromatic N) is 2. The van der Waals surface area contributed by atoms with Gasteiger partial charge < -0.3 is 10.6 Å². The third kappa shape index (κ3) is 1.91. The van der Waals surface area contributed by atoms with Crippen molar-refractivity contribution in [2.45, 2.75) is 19.3 Å². The molecular formula is C10H17N3S. The Bertz CT molecular complexity index is 315. The first-order valence-corrected chi connectivity index (χ1v) is 5.79. The van der Waals surface area contributed by atoms with Crippen molar-refractivity contribution in [1.29, 1.82) is 0 Å². The summed E-state index contributed by atoms with van der Waals surface area (Å²) in [6.45, 7) is 0.822. The van der Waals surface area contributed by atoms with Gasteiger partial charge in [0.2, 0.25) is 0 Å². The number of hydrogen-bond acceptors (Lipinski definition) is 4. The molecule has 0 bridgehead atoms. The molecule has 0 aromatic carbocycles. The summed E-state index contributed by atoms with van der Waals surface area (Å²) in [5.74, 6) is 0. The average molecular weight is 211 g/mol. The molecule has 2 N–H and O–H groups in total. The summed E-state index contributed by atoms with van der Waals surface area (Å²) in [4.78, 5) is 7.79. The van der Waals surface area contributed by atoms with Crippen LogP contribution in [0.4, 0.5) is 5.13 Å². The van der Waals surface area contributed by atoms with Crippen LogP contribution in [-0.4, -0.2) is 25.6 Å². The van der Waals surface area contributed by atoms with E-state index in [0.717, 1.165) is 18.1 Å². The Kier molecular flexibility index (Phi) is 2.49. The first-order valence-electron chi connectivity index (χ1n) is 4.97. The van der Waals surface area contributed by atoms with Gasteiger partial charge in [0.25, 0.3) is 0 Å². The molecule has 14 heavy (non-hydrogen) atoms. The van der Waals surface area contributed by atoms with Gasteiger partial charge in [-0.15, -0.1) is 11.3 Å². The molecule has 1 saturated carbocycles. The van der Waals surface area contributed by atoms with Crippen LogP contribution in [0.2, 0.25) is 0 Å². The summed E-state index contributed by atoms with van der Waals surface area (Å²) >= 11 is 1.78. The lowest BCUT2D eigenvalue weighted by Gasteiger charge is -2.09. The molecule has 1 heterocycles. The molecule has 0 aliphatic heterocycles. The largest absolute Gasteiger partial charge is 0.354 e. The molecule has 1 aromatic rings. The van der Waals surface area contributed by atoms with Crippen LogP contribution in [-0.2, 0) is 6.42 Å². The first-order chi connectivity index (χ1) is 6.65. The normalized spacial score (nSPS) is 18.2. The van der Waals surface area contributed by atoms with Crippen LogP contribution >= 0.6 is 11.3 Å². The van der Waals surface area contributed by atoms with Gasteiger partial charge in [0.05, 0.1) is 0 Å². The molecule has 0 atom stereocenters. The topological polar surface area (TPSA) is 42.2 Å². The van der Waals surface area contributed by atoms with Crippen molar-refractivity contribution in [3.63, 3.8) is 0 Å². The van der Waals surface area contributed by atoms with Crippen molar-refractivity contribution < 1.29 is 0 Å². The van der Waals surface area contributed by atoms with E-state index in [-0.39, 0.29) is 0 Å². The molecule has 2 rings (SSSR count). The van der Waals surface area contributed by atoms with E-state index in [1.54, 1.807) is 11.3 Å². The molecule has 1 aliphatic carbocycles. The summed E-state index contributed by atoms with van der Waals surface area (Å²) in [6, 6.07) is 0. The smallest absolute Gasteiger partial charge is 0.184 e. The van der Waals surface area contributed by atoms with Crippen LogP contribution in [0.15, 0.2) is 6.20 Å². The van der Waals surface area contributed by atoms with Gasteiger partial charge in [-0.05, 0) is 31.2 Å². The van der Waals surface area contributed by atoms with Crippen molar-refractivity contribution in [2.24, 2.45) is 11.1 Å². The van der Waals surface area contributed by atoms with Gasteiger partial charge in [0.15, 0.2) is 5.13 Å². The van der Waals surface area contributed by atoms with Gasteiger partial charge in [0, 0.05) is 25.2 Å². The zero-order valence-corrected chi connectivity index (χ0v) is 9.60. The highest BCUT2D eigenvalue weighted by Crippen LogP contribution is 2.48. The standard InChI is InChI=1S/C10H17N3S/c1-13(2)9-12-6-8(14-9)5-10(7-11)3-4-10/h6H,3-5,7,11H2,1-2H3. The Labute approximate surface area is 88.9 Å². The SMILES string of the molecule is CN(C)c1ncc(CC2(CN)CC2)s1. The van der Waals surface area contributed by atoms with E-state index in [1.807, 2.05) is 20.3 Å². The summed E-state index contributed by atoms with van der Waals surface area (Å²) in [5.41, 5.74) is 6.18. The molecule has 1 fully saturated rings. The quantitative estimate of drug-likeness (QED) is 0.820. The predicted octanol–water partition coefficient (Wildman–Crippen LogP) is 1.49. The van der Waals surface area contributed by atoms with E-state index in [4.69, 9.17) is 5.73 Å². The van der Waals surface area contributed by atoms with Gasteiger partial charge in [-0.3, -0.25) is 0 Å². The lowest BCUT2D eigenvalue weighted by atomic mass is 10.0. The van der Waals surface area contributed by atoms with Crippen LogP contribution in [0.1, 0.15) is 17.7 Å². The lowest BCUT2D eigenvalue weighted by Crippen LogP contribution is -2.17. The molecule has 1 aliphatic rings. The first kappa shape index (κ1) is 9.93. The fraction of sp³-hybridized carbons (Fsp3) is 0.700. The van der Waals surface area contributed by atoms with Crippen LogP contribution < -0.4 is 10.6 Å². The summed E-state index contributed by atoms with van der Waals surface area (Å²) in [5, 5.41) is 1.09. The number of anilines is 1. The van der Waals surface area contributed by atoms with Gasteiger partial charge >= 0.3 is 0 Å². The number of thiazole rings is 1. The summed E-state index contributed by atoms with van der Waals surface area (Å²) in [6.07, 6.45) is 5.70. The summed E-state index contributed by atoms with van der Waals surface area (Å²) in [7, 11) is 4.05. The van der Waals surface area contributed by atoms with Crippen molar-refractivity contribution in [2.75, 3.05) is 25.5 Å². The average Bonchev–Trinajstić information content (AvgIpc) is 2.75. The highest BCUT2D eigenvalue weighted by atomic mass is 32.1.